The van der Waals surface area contributed by atoms with Gasteiger partial charge in [-0.3, -0.25) is 13.8 Å². The molecule has 0 aliphatic carbocycles. The number of aromatic nitrogens is 8. The van der Waals surface area contributed by atoms with Crippen LogP contribution in [0.2, 0.25) is 0 Å². The molecule has 0 bridgehead atoms. The van der Waals surface area contributed by atoms with Crippen molar-refractivity contribution in [1.29, 1.82) is 0 Å². The van der Waals surface area contributed by atoms with Gasteiger partial charge < -0.3 is 10.1 Å². The zero-order valence-electron chi connectivity index (χ0n) is 20.3. The fourth-order valence-corrected chi connectivity index (χ4v) is 4.10. The third-order valence-electron chi connectivity index (χ3n) is 6.03. The third-order valence-corrected chi connectivity index (χ3v) is 6.03. The van der Waals surface area contributed by atoms with Crippen molar-refractivity contribution in [3.63, 3.8) is 0 Å². The highest BCUT2D eigenvalue weighted by molar-refractivity contribution is 5.64. The maximum Gasteiger partial charge on any atom is 0.140 e. The van der Waals surface area contributed by atoms with Gasteiger partial charge in [0.1, 0.15) is 30.1 Å². The average Bonchev–Trinajstić information content (AvgIpc) is 3.69. The second-order valence-electron chi connectivity index (χ2n) is 8.59. The molecular weight excluding hydrogens is 466 g/mol. The number of anilines is 1. The topological polar surface area (TPSA) is 100.0 Å². The Kier molecular flexibility index (Phi) is 6.04. The summed E-state index contributed by atoms with van der Waals surface area (Å²) in [5.41, 5.74) is 5.84. The molecule has 6 aromatic rings. The van der Waals surface area contributed by atoms with E-state index in [0.29, 0.717) is 19.7 Å². The number of hydrogen-bond acceptors (Lipinski definition) is 7. The van der Waals surface area contributed by atoms with Gasteiger partial charge in [0.15, 0.2) is 0 Å². The third kappa shape index (κ3) is 5.03. The van der Waals surface area contributed by atoms with Crippen LogP contribution >= 0.6 is 0 Å². The SMILES string of the molecule is Cn1cc(-c2ccc(CNc3cc(-c4cnc5cc(OCCn6cccn6)ccn45)ncn3)cc2)cn1. The van der Waals surface area contributed by atoms with E-state index in [4.69, 9.17) is 4.74 Å². The lowest BCUT2D eigenvalue weighted by Gasteiger charge is -2.09. The Balaban J connectivity index is 1.12. The monoisotopic (exact) mass is 491 g/mol. The summed E-state index contributed by atoms with van der Waals surface area (Å²) >= 11 is 0. The van der Waals surface area contributed by atoms with Gasteiger partial charge in [-0.25, -0.2) is 15.0 Å². The molecule has 0 atom stereocenters. The lowest BCUT2D eigenvalue weighted by Crippen LogP contribution is -2.08. The molecular formula is C27H25N9O. The van der Waals surface area contributed by atoms with Crippen molar-refractivity contribution in [3.05, 3.63) is 97.6 Å². The lowest BCUT2D eigenvalue weighted by molar-refractivity contribution is 0.291. The van der Waals surface area contributed by atoms with Gasteiger partial charge in [-0.2, -0.15) is 10.2 Å². The molecule has 0 aliphatic heterocycles. The summed E-state index contributed by atoms with van der Waals surface area (Å²) in [5.74, 6) is 1.51. The molecule has 0 saturated carbocycles. The van der Waals surface area contributed by atoms with Crippen LogP contribution < -0.4 is 10.1 Å². The minimum Gasteiger partial charge on any atom is -0.491 e. The predicted molar refractivity (Wildman–Crippen MR) is 140 cm³/mol. The van der Waals surface area contributed by atoms with Crippen molar-refractivity contribution in [2.75, 3.05) is 11.9 Å². The fraction of sp³-hybridized carbons (Fsp3) is 0.148. The molecule has 0 amide bonds. The summed E-state index contributed by atoms with van der Waals surface area (Å²) in [7, 11) is 1.92. The van der Waals surface area contributed by atoms with Crippen LogP contribution in [0.15, 0.2) is 92.0 Å². The van der Waals surface area contributed by atoms with Crippen molar-refractivity contribution in [2.45, 2.75) is 13.1 Å². The number of nitrogens with zero attached hydrogens (tertiary/aromatic N) is 8. The molecule has 0 fully saturated rings. The molecule has 6 rings (SSSR count). The van der Waals surface area contributed by atoms with Crippen molar-refractivity contribution in [2.24, 2.45) is 7.05 Å². The summed E-state index contributed by atoms with van der Waals surface area (Å²) in [6, 6.07) is 16.1. The molecule has 1 aromatic carbocycles. The van der Waals surface area contributed by atoms with Crippen LogP contribution in [0.4, 0.5) is 5.82 Å². The molecule has 10 heteroatoms. The Morgan fingerprint density at radius 1 is 0.919 bits per heavy atom. The van der Waals surface area contributed by atoms with Gasteiger partial charge in [0.25, 0.3) is 0 Å². The molecule has 0 spiro atoms. The van der Waals surface area contributed by atoms with Crippen LogP contribution in [0.25, 0.3) is 28.2 Å². The molecule has 1 N–H and O–H groups in total. The second kappa shape index (κ2) is 9.94. The van der Waals surface area contributed by atoms with Gasteiger partial charge in [-0.05, 0) is 23.3 Å². The largest absolute Gasteiger partial charge is 0.491 e. The van der Waals surface area contributed by atoms with E-state index in [-0.39, 0.29) is 0 Å². The van der Waals surface area contributed by atoms with Crippen LogP contribution in [0.3, 0.4) is 0 Å². The van der Waals surface area contributed by atoms with E-state index in [2.05, 4.69) is 54.7 Å². The number of imidazole rings is 1. The normalized spacial score (nSPS) is 11.2. The van der Waals surface area contributed by atoms with Crippen LogP contribution in [0.1, 0.15) is 5.56 Å². The molecule has 5 aromatic heterocycles. The van der Waals surface area contributed by atoms with Crippen molar-refractivity contribution in [3.8, 4) is 28.3 Å². The summed E-state index contributed by atoms with van der Waals surface area (Å²) < 4.78 is 11.5. The molecule has 0 radical (unpaired) electrons. The van der Waals surface area contributed by atoms with E-state index in [0.717, 1.165) is 45.3 Å². The number of hydrogen-bond donors (Lipinski definition) is 1. The standard InChI is InChI=1S/C27H25N9O/c1-34-18-22(16-33-34)21-5-3-20(4-6-21)15-28-26-14-24(30-19-31-26)25-17-29-27-13-23(7-10-36(25)27)37-12-11-35-9-2-8-32-35/h2-10,13-14,16-19H,11-12,15H2,1H3,(H,28,30,31). The van der Waals surface area contributed by atoms with Gasteiger partial charge in [0.05, 0.1) is 30.3 Å². The van der Waals surface area contributed by atoms with Crippen LogP contribution in [0.5, 0.6) is 5.75 Å². The average molecular weight is 492 g/mol. The van der Waals surface area contributed by atoms with E-state index < -0.39 is 0 Å². The van der Waals surface area contributed by atoms with E-state index >= 15 is 0 Å². The highest BCUT2D eigenvalue weighted by Gasteiger charge is 2.10. The van der Waals surface area contributed by atoms with Crippen molar-refractivity contribution in [1.82, 2.24) is 38.9 Å². The highest BCUT2D eigenvalue weighted by Crippen LogP contribution is 2.24. The van der Waals surface area contributed by atoms with Gasteiger partial charge in [-0.15, -0.1) is 0 Å². The van der Waals surface area contributed by atoms with Crippen LogP contribution in [-0.2, 0) is 20.1 Å². The number of pyridine rings is 1. The Labute approximate surface area is 213 Å². The van der Waals surface area contributed by atoms with Crippen molar-refractivity contribution >= 4 is 11.5 Å². The van der Waals surface area contributed by atoms with E-state index in [1.165, 1.54) is 0 Å². The summed E-state index contributed by atoms with van der Waals surface area (Å²) in [5, 5.41) is 11.8. The van der Waals surface area contributed by atoms with Crippen molar-refractivity contribution < 1.29 is 4.74 Å². The summed E-state index contributed by atoms with van der Waals surface area (Å²) in [4.78, 5) is 13.4. The molecule has 5 heterocycles. The summed E-state index contributed by atoms with van der Waals surface area (Å²) in [6.45, 7) is 1.86. The fourth-order valence-electron chi connectivity index (χ4n) is 4.10. The molecule has 0 unspecified atom stereocenters. The van der Waals surface area contributed by atoms with Gasteiger partial charge in [-0.1, -0.05) is 24.3 Å². The van der Waals surface area contributed by atoms with E-state index in [9.17, 15) is 0 Å². The Hall–Kier alpha value is -4.99. The maximum absolute atomic E-state index is 5.88. The molecule has 37 heavy (non-hydrogen) atoms. The quantitative estimate of drug-likeness (QED) is 0.325. The van der Waals surface area contributed by atoms with E-state index in [1.54, 1.807) is 17.2 Å². The first-order valence-corrected chi connectivity index (χ1v) is 11.9. The number of rotatable bonds is 9. The number of benzene rings is 1. The van der Waals surface area contributed by atoms with Gasteiger partial charge >= 0.3 is 0 Å². The summed E-state index contributed by atoms with van der Waals surface area (Å²) in [6.07, 6.45) is 12.9. The molecule has 10 nitrogen and oxygen atoms in total. The smallest absolute Gasteiger partial charge is 0.140 e. The van der Waals surface area contributed by atoms with Crippen LogP contribution in [0, 0.1) is 0 Å². The Morgan fingerprint density at radius 2 is 1.84 bits per heavy atom. The first-order valence-electron chi connectivity index (χ1n) is 11.9. The molecule has 0 saturated heterocycles. The minimum atomic E-state index is 0.526. The number of ether oxygens (including phenoxy) is 1. The Morgan fingerprint density at radius 3 is 2.65 bits per heavy atom. The Bertz CT molecular complexity index is 1620. The number of aryl methyl sites for hydroxylation is 1. The number of fused-ring (bicyclic) bond motifs is 1. The first kappa shape index (κ1) is 22.5. The molecule has 184 valence electrons. The zero-order chi connectivity index (χ0) is 25.0. The lowest BCUT2D eigenvalue weighted by atomic mass is 10.1. The zero-order valence-corrected chi connectivity index (χ0v) is 20.3. The number of nitrogens with one attached hydrogen (secondary N) is 1. The maximum atomic E-state index is 5.88. The van der Waals surface area contributed by atoms with E-state index in [1.807, 2.05) is 71.4 Å². The highest BCUT2D eigenvalue weighted by atomic mass is 16.5. The first-order chi connectivity index (χ1) is 18.2. The van der Waals surface area contributed by atoms with Crippen LogP contribution in [-0.4, -0.2) is 45.5 Å². The van der Waals surface area contributed by atoms with Gasteiger partial charge in [0, 0.05) is 56.1 Å². The molecule has 0 aliphatic rings. The van der Waals surface area contributed by atoms with Gasteiger partial charge in [0.2, 0.25) is 0 Å². The minimum absolute atomic E-state index is 0.526. The second-order valence-corrected chi connectivity index (χ2v) is 8.59. The predicted octanol–water partition coefficient (Wildman–Crippen LogP) is 4.08.